The molecule has 0 radical (unpaired) electrons. The van der Waals surface area contributed by atoms with E-state index in [1.807, 2.05) is 41.5 Å². The molecule has 0 saturated carbocycles. The van der Waals surface area contributed by atoms with Crippen LogP contribution in [0, 0.1) is 5.92 Å². The number of carbonyl (C=O) groups excluding carboxylic acids is 1. The maximum atomic E-state index is 12.0. The predicted octanol–water partition coefficient (Wildman–Crippen LogP) is 6.14. The Balaban J connectivity index is 0.000000515. The van der Waals surface area contributed by atoms with Crippen molar-refractivity contribution in [1.29, 1.82) is 0 Å². The molecule has 3 heterocycles. The number of ketones is 1. The van der Waals surface area contributed by atoms with Gasteiger partial charge in [-0.15, -0.1) is 0 Å². The van der Waals surface area contributed by atoms with Gasteiger partial charge in [0.25, 0.3) is 0 Å². The van der Waals surface area contributed by atoms with Gasteiger partial charge in [-0.1, -0.05) is 59.7 Å². The SMILES string of the molecule is CC.CC.CC.CC(=O)[C@@H]1CCCN2CCc3c([nH]c4ccccc34)[C@H]12. The van der Waals surface area contributed by atoms with E-state index < -0.39 is 0 Å². The highest BCUT2D eigenvalue weighted by Crippen LogP contribution is 2.42. The van der Waals surface area contributed by atoms with Crippen LogP contribution in [-0.4, -0.2) is 28.8 Å². The second-order valence-electron chi connectivity index (χ2n) is 6.15. The number of aromatic amines is 1. The van der Waals surface area contributed by atoms with E-state index in [9.17, 15) is 4.79 Å². The number of H-pyrrole nitrogens is 1. The molecule has 0 aliphatic carbocycles. The third-order valence-corrected chi connectivity index (χ3v) is 5.05. The maximum absolute atomic E-state index is 12.0. The largest absolute Gasteiger partial charge is 0.357 e. The summed E-state index contributed by atoms with van der Waals surface area (Å²) in [6.45, 7) is 16.0. The molecule has 2 aliphatic heterocycles. The van der Waals surface area contributed by atoms with Gasteiger partial charge in [0.2, 0.25) is 0 Å². The van der Waals surface area contributed by atoms with Crippen molar-refractivity contribution in [3.63, 3.8) is 0 Å². The van der Waals surface area contributed by atoms with Crippen LogP contribution in [0.25, 0.3) is 10.9 Å². The van der Waals surface area contributed by atoms with E-state index in [0.29, 0.717) is 5.78 Å². The minimum absolute atomic E-state index is 0.163. The van der Waals surface area contributed by atoms with E-state index in [1.54, 1.807) is 6.92 Å². The molecule has 2 atom stereocenters. The number of Topliss-reactive ketones (excluding diaryl/α,β-unsaturated/α-hetero) is 1. The number of para-hydroxylation sites is 1. The summed E-state index contributed by atoms with van der Waals surface area (Å²) in [4.78, 5) is 18.2. The van der Waals surface area contributed by atoms with Gasteiger partial charge in [-0.05, 0) is 44.4 Å². The molecule has 0 bridgehead atoms. The number of hydrogen-bond acceptors (Lipinski definition) is 2. The van der Waals surface area contributed by atoms with Crippen LogP contribution in [0.5, 0.6) is 0 Å². The van der Waals surface area contributed by atoms with Gasteiger partial charge in [-0.25, -0.2) is 0 Å². The molecule has 26 heavy (non-hydrogen) atoms. The fraction of sp³-hybridized carbons (Fsp3) is 0.609. The lowest BCUT2D eigenvalue weighted by Gasteiger charge is -2.43. The summed E-state index contributed by atoms with van der Waals surface area (Å²) in [5.74, 6) is 0.502. The summed E-state index contributed by atoms with van der Waals surface area (Å²) in [6.07, 6.45) is 3.28. The van der Waals surface area contributed by atoms with Crippen LogP contribution in [0.2, 0.25) is 0 Å². The van der Waals surface area contributed by atoms with Crippen molar-refractivity contribution in [3.8, 4) is 0 Å². The van der Waals surface area contributed by atoms with Gasteiger partial charge >= 0.3 is 0 Å². The van der Waals surface area contributed by atoms with E-state index in [0.717, 1.165) is 32.4 Å². The van der Waals surface area contributed by atoms with Crippen molar-refractivity contribution in [2.45, 2.75) is 73.8 Å². The summed E-state index contributed by atoms with van der Waals surface area (Å²) in [6, 6.07) is 8.80. The van der Waals surface area contributed by atoms with Crippen molar-refractivity contribution in [2.75, 3.05) is 13.1 Å². The smallest absolute Gasteiger partial charge is 0.134 e. The molecule has 1 aromatic carbocycles. The molecular weight excluding hydrogens is 320 g/mol. The van der Waals surface area contributed by atoms with Crippen LogP contribution in [0.1, 0.15) is 78.6 Å². The average molecular weight is 359 g/mol. The second-order valence-corrected chi connectivity index (χ2v) is 6.15. The second kappa shape index (κ2) is 11.2. The zero-order valence-electron chi connectivity index (χ0n) is 17.9. The highest BCUT2D eigenvalue weighted by Gasteiger charge is 2.39. The third kappa shape index (κ3) is 4.37. The number of carbonyl (C=O) groups is 1. The maximum Gasteiger partial charge on any atom is 0.134 e. The van der Waals surface area contributed by atoms with Gasteiger partial charge in [0.1, 0.15) is 5.78 Å². The minimum Gasteiger partial charge on any atom is -0.357 e. The fourth-order valence-electron chi connectivity index (χ4n) is 4.12. The van der Waals surface area contributed by atoms with Crippen molar-refractivity contribution < 1.29 is 4.79 Å². The van der Waals surface area contributed by atoms with Crippen LogP contribution >= 0.6 is 0 Å². The Hall–Kier alpha value is -1.61. The lowest BCUT2D eigenvalue weighted by Crippen LogP contribution is -2.45. The minimum atomic E-state index is 0.163. The third-order valence-electron chi connectivity index (χ3n) is 5.05. The number of hydrogen-bond donors (Lipinski definition) is 1. The van der Waals surface area contributed by atoms with Gasteiger partial charge in [0.15, 0.2) is 0 Å². The Morgan fingerprint density at radius 3 is 2.35 bits per heavy atom. The van der Waals surface area contributed by atoms with Crippen LogP contribution in [-0.2, 0) is 11.2 Å². The van der Waals surface area contributed by atoms with Crippen LogP contribution in [0.4, 0.5) is 0 Å². The zero-order chi connectivity index (χ0) is 19.7. The molecule has 0 unspecified atom stereocenters. The number of nitrogens with zero attached hydrogens (tertiary/aromatic N) is 1. The molecule has 4 rings (SSSR count). The molecule has 2 aromatic rings. The van der Waals surface area contributed by atoms with Crippen molar-refractivity contribution in [3.05, 3.63) is 35.5 Å². The van der Waals surface area contributed by atoms with E-state index >= 15 is 0 Å². The highest BCUT2D eigenvalue weighted by atomic mass is 16.1. The Bertz CT molecular complexity index is 674. The lowest BCUT2D eigenvalue weighted by atomic mass is 9.80. The van der Waals surface area contributed by atoms with Crippen LogP contribution in [0.3, 0.4) is 0 Å². The summed E-state index contributed by atoms with van der Waals surface area (Å²) in [7, 11) is 0. The van der Waals surface area contributed by atoms with Crippen molar-refractivity contribution in [1.82, 2.24) is 9.88 Å². The molecule has 146 valence electrons. The van der Waals surface area contributed by atoms with E-state index in [4.69, 9.17) is 0 Å². The predicted molar refractivity (Wildman–Crippen MR) is 114 cm³/mol. The van der Waals surface area contributed by atoms with Crippen LogP contribution in [0.15, 0.2) is 24.3 Å². The molecule has 0 spiro atoms. The quantitative estimate of drug-likeness (QED) is 0.664. The molecule has 1 N–H and O–H groups in total. The highest BCUT2D eigenvalue weighted by molar-refractivity contribution is 5.86. The average Bonchev–Trinajstić information content (AvgIpc) is 3.11. The van der Waals surface area contributed by atoms with Gasteiger partial charge < -0.3 is 4.98 Å². The number of fused-ring (bicyclic) bond motifs is 5. The monoisotopic (exact) mass is 358 g/mol. The lowest BCUT2D eigenvalue weighted by molar-refractivity contribution is -0.125. The molecule has 1 fully saturated rings. The number of nitrogens with one attached hydrogen (secondary N) is 1. The molecular formula is C23H38N2O. The Kier molecular flexibility index (Phi) is 9.64. The number of benzene rings is 1. The normalized spacial score (nSPS) is 20.9. The zero-order valence-corrected chi connectivity index (χ0v) is 17.9. The summed E-state index contributed by atoms with van der Waals surface area (Å²) in [5, 5.41) is 1.34. The standard InChI is InChI=1S/C17H20N2O.3C2H6/c1-11(20)12-6-4-9-19-10-8-14-13-5-2-3-7-15(13)18-16(14)17(12)19;3*1-2/h2-3,5,7,12,17-18H,4,6,8-10H2,1H3;3*1-2H3/t12-,17-;;;/m0.../s1. The van der Waals surface area contributed by atoms with Gasteiger partial charge in [-0.3, -0.25) is 9.69 Å². The van der Waals surface area contributed by atoms with Gasteiger partial charge in [0, 0.05) is 29.1 Å². The Morgan fingerprint density at radius 2 is 1.69 bits per heavy atom. The molecule has 2 aliphatic rings. The summed E-state index contributed by atoms with van der Waals surface area (Å²) >= 11 is 0. The first kappa shape index (κ1) is 22.4. The fourth-order valence-corrected chi connectivity index (χ4v) is 4.12. The van der Waals surface area contributed by atoms with Crippen LogP contribution < -0.4 is 0 Å². The van der Waals surface area contributed by atoms with E-state index in [-0.39, 0.29) is 12.0 Å². The summed E-state index contributed by atoms with van der Waals surface area (Å²) in [5.41, 5.74) is 3.96. The van der Waals surface area contributed by atoms with Gasteiger partial charge in [0.05, 0.1) is 6.04 Å². The van der Waals surface area contributed by atoms with E-state index in [2.05, 4.69) is 34.1 Å². The molecule has 0 amide bonds. The molecule has 1 aromatic heterocycles. The first-order valence-electron chi connectivity index (χ1n) is 10.6. The van der Waals surface area contributed by atoms with Crippen molar-refractivity contribution in [2.24, 2.45) is 5.92 Å². The van der Waals surface area contributed by atoms with E-state index in [1.165, 1.54) is 22.2 Å². The van der Waals surface area contributed by atoms with Gasteiger partial charge in [-0.2, -0.15) is 0 Å². The number of rotatable bonds is 1. The number of aromatic nitrogens is 1. The summed E-state index contributed by atoms with van der Waals surface area (Å²) < 4.78 is 0. The van der Waals surface area contributed by atoms with Crippen molar-refractivity contribution >= 4 is 16.7 Å². The topological polar surface area (TPSA) is 36.1 Å². The first-order valence-corrected chi connectivity index (χ1v) is 10.6. The molecule has 3 nitrogen and oxygen atoms in total. The first-order chi connectivity index (χ1) is 12.8. The molecule has 1 saturated heterocycles. The molecule has 3 heteroatoms. The number of piperidine rings is 1. The Morgan fingerprint density at radius 1 is 1.04 bits per heavy atom. The Labute approximate surface area is 160 Å².